The van der Waals surface area contributed by atoms with Crippen LogP contribution in [0.5, 0.6) is 0 Å². The summed E-state index contributed by atoms with van der Waals surface area (Å²) in [5.74, 6) is -0.333. The van der Waals surface area contributed by atoms with E-state index in [4.69, 9.17) is 5.73 Å². The van der Waals surface area contributed by atoms with E-state index in [0.29, 0.717) is 12.1 Å². The van der Waals surface area contributed by atoms with Crippen molar-refractivity contribution in [3.63, 3.8) is 0 Å². The monoisotopic (exact) mass is 315 g/mol. The molecule has 5 nitrogen and oxygen atoms in total. The molecule has 1 aliphatic heterocycles. The lowest BCUT2D eigenvalue weighted by Crippen LogP contribution is -2.25. The lowest BCUT2D eigenvalue weighted by Gasteiger charge is -2.15. The zero-order valence-electron chi connectivity index (χ0n) is 12.3. The Morgan fingerprint density at radius 1 is 1.41 bits per heavy atom. The molecule has 0 radical (unpaired) electrons. The van der Waals surface area contributed by atoms with Crippen molar-refractivity contribution in [1.82, 2.24) is 0 Å². The highest BCUT2D eigenvalue weighted by atomic mass is 32.1. The number of carbonyl (C=O) groups excluding carboxylic acids is 2. The van der Waals surface area contributed by atoms with E-state index in [0.717, 1.165) is 29.2 Å². The number of carbonyl (C=O) groups is 2. The summed E-state index contributed by atoms with van der Waals surface area (Å²) in [5.41, 5.74) is 9.00. The van der Waals surface area contributed by atoms with E-state index in [1.807, 2.05) is 24.3 Å². The first-order valence-corrected chi connectivity index (χ1v) is 7.95. The molecule has 1 aromatic heterocycles. The highest BCUT2D eigenvalue weighted by Gasteiger charge is 2.24. The molecular formula is C16H17N3O2S. The molecule has 0 saturated heterocycles. The van der Waals surface area contributed by atoms with Crippen LogP contribution in [0.3, 0.4) is 0 Å². The molecule has 3 rings (SSSR count). The van der Waals surface area contributed by atoms with Gasteiger partial charge in [-0.15, -0.1) is 11.3 Å². The van der Waals surface area contributed by atoms with Gasteiger partial charge >= 0.3 is 0 Å². The number of nitrogens with two attached hydrogens (primary N) is 1. The second-order valence-corrected chi connectivity index (χ2v) is 6.24. The molecule has 114 valence electrons. The third kappa shape index (κ3) is 2.69. The maximum Gasteiger partial charge on any atom is 0.249 e. The Hall–Kier alpha value is -2.34. The average molecular weight is 315 g/mol. The number of hydrogen-bond donors (Lipinski definition) is 2. The molecule has 2 aromatic rings. The average Bonchev–Trinajstić information content (AvgIpc) is 3.12. The van der Waals surface area contributed by atoms with Gasteiger partial charge in [-0.05, 0) is 24.6 Å². The number of anilines is 2. The molecule has 0 atom stereocenters. The normalized spacial score (nSPS) is 13.0. The van der Waals surface area contributed by atoms with Gasteiger partial charge in [-0.3, -0.25) is 9.59 Å². The van der Waals surface area contributed by atoms with Gasteiger partial charge in [0.15, 0.2) is 0 Å². The smallest absolute Gasteiger partial charge is 0.249 e. The van der Waals surface area contributed by atoms with Crippen molar-refractivity contribution in [2.75, 3.05) is 16.8 Å². The fraction of sp³-hybridized carbons (Fsp3) is 0.250. The van der Waals surface area contributed by atoms with Crippen LogP contribution in [0, 0.1) is 0 Å². The molecule has 0 spiro atoms. The van der Waals surface area contributed by atoms with Crippen molar-refractivity contribution < 1.29 is 9.59 Å². The number of nitrogens with zero attached hydrogens (tertiary/aromatic N) is 1. The van der Waals surface area contributed by atoms with Crippen LogP contribution in [-0.4, -0.2) is 18.4 Å². The van der Waals surface area contributed by atoms with Crippen molar-refractivity contribution >= 4 is 34.5 Å². The third-order valence-electron chi connectivity index (χ3n) is 3.80. The molecule has 1 aromatic carbocycles. The molecule has 22 heavy (non-hydrogen) atoms. The number of fused-ring (bicyclic) bond motifs is 1. The molecule has 0 fully saturated rings. The number of amides is 2. The van der Waals surface area contributed by atoms with E-state index in [1.165, 1.54) is 16.9 Å². The SMILES string of the molecule is CC(=O)N1CCc2c(NCc3cc(C(N)=O)cs3)cccc21. The first-order valence-electron chi connectivity index (χ1n) is 7.07. The minimum atomic E-state index is -0.403. The second-order valence-electron chi connectivity index (χ2n) is 5.24. The quantitative estimate of drug-likeness (QED) is 0.909. The molecule has 0 saturated carbocycles. The fourth-order valence-corrected chi connectivity index (χ4v) is 3.52. The maximum atomic E-state index is 11.6. The summed E-state index contributed by atoms with van der Waals surface area (Å²) in [5, 5.41) is 5.16. The first kappa shape index (κ1) is 14.6. The summed E-state index contributed by atoms with van der Waals surface area (Å²) in [4.78, 5) is 25.6. The standard InChI is InChI=1S/C16H17N3O2S/c1-10(20)19-6-5-13-14(3-2-4-15(13)19)18-8-12-7-11(9-22-12)16(17)21/h2-4,7,9,18H,5-6,8H2,1H3,(H2,17,21). The van der Waals surface area contributed by atoms with Crippen LogP contribution in [0.25, 0.3) is 0 Å². The van der Waals surface area contributed by atoms with Crippen LogP contribution >= 0.6 is 11.3 Å². The second kappa shape index (κ2) is 5.81. The van der Waals surface area contributed by atoms with Crippen LogP contribution in [0.15, 0.2) is 29.6 Å². The summed E-state index contributed by atoms with van der Waals surface area (Å²) in [6, 6.07) is 7.76. The largest absolute Gasteiger partial charge is 0.380 e. The number of thiophene rings is 1. The van der Waals surface area contributed by atoms with Crippen LogP contribution in [-0.2, 0) is 17.8 Å². The highest BCUT2D eigenvalue weighted by molar-refractivity contribution is 7.10. The Labute approximate surface area is 132 Å². The fourth-order valence-electron chi connectivity index (χ4n) is 2.71. The van der Waals surface area contributed by atoms with E-state index in [1.54, 1.807) is 17.2 Å². The molecule has 1 aliphatic rings. The summed E-state index contributed by atoms with van der Waals surface area (Å²) in [7, 11) is 0. The molecule has 0 aliphatic carbocycles. The van der Waals surface area contributed by atoms with Gasteiger partial charge in [-0.1, -0.05) is 6.07 Å². The van der Waals surface area contributed by atoms with Crippen molar-refractivity contribution in [3.05, 3.63) is 45.6 Å². The Kier molecular flexibility index (Phi) is 3.85. The van der Waals surface area contributed by atoms with Gasteiger partial charge in [0.05, 0.1) is 5.56 Å². The Morgan fingerprint density at radius 2 is 2.23 bits per heavy atom. The highest BCUT2D eigenvalue weighted by Crippen LogP contribution is 2.34. The Balaban J connectivity index is 1.76. The van der Waals surface area contributed by atoms with Crippen LogP contribution in [0.2, 0.25) is 0 Å². The van der Waals surface area contributed by atoms with Gasteiger partial charge in [0.25, 0.3) is 0 Å². The molecule has 2 heterocycles. The van der Waals surface area contributed by atoms with E-state index in [9.17, 15) is 9.59 Å². The van der Waals surface area contributed by atoms with Gasteiger partial charge in [-0.25, -0.2) is 0 Å². The predicted octanol–water partition coefficient (Wildman–Crippen LogP) is 2.37. The minimum Gasteiger partial charge on any atom is -0.380 e. The molecular weight excluding hydrogens is 298 g/mol. The van der Waals surface area contributed by atoms with Crippen molar-refractivity contribution in [1.29, 1.82) is 0 Å². The van der Waals surface area contributed by atoms with Gasteiger partial charge in [0, 0.05) is 47.2 Å². The van der Waals surface area contributed by atoms with Crippen LogP contribution < -0.4 is 16.0 Å². The summed E-state index contributed by atoms with van der Waals surface area (Å²) >= 11 is 1.51. The van der Waals surface area contributed by atoms with E-state index < -0.39 is 5.91 Å². The molecule has 3 N–H and O–H groups in total. The van der Waals surface area contributed by atoms with Gasteiger partial charge in [0.2, 0.25) is 11.8 Å². The number of primary amides is 1. The molecule has 0 unspecified atom stereocenters. The van der Waals surface area contributed by atoms with Crippen LogP contribution in [0.4, 0.5) is 11.4 Å². The molecule has 6 heteroatoms. The number of rotatable bonds is 4. The molecule has 2 amide bonds. The summed E-state index contributed by atoms with van der Waals surface area (Å²) in [6.07, 6.45) is 0.856. The maximum absolute atomic E-state index is 11.6. The summed E-state index contributed by atoms with van der Waals surface area (Å²) < 4.78 is 0. The van der Waals surface area contributed by atoms with Gasteiger partial charge in [-0.2, -0.15) is 0 Å². The van der Waals surface area contributed by atoms with Gasteiger partial charge in [0.1, 0.15) is 0 Å². The van der Waals surface area contributed by atoms with Gasteiger partial charge < -0.3 is 16.0 Å². The topological polar surface area (TPSA) is 75.4 Å². The number of benzene rings is 1. The van der Waals surface area contributed by atoms with E-state index in [-0.39, 0.29) is 5.91 Å². The van der Waals surface area contributed by atoms with Crippen LogP contribution in [0.1, 0.15) is 27.7 Å². The number of hydrogen-bond acceptors (Lipinski definition) is 4. The Bertz CT molecular complexity index is 739. The molecule has 0 bridgehead atoms. The summed E-state index contributed by atoms with van der Waals surface area (Å²) in [6.45, 7) is 2.95. The zero-order chi connectivity index (χ0) is 15.7. The Morgan fingerprint density at radius 3 is 2.91 bits per heavy atom. The first-order chi connectivity index (χ1) is 10.6. The predicted molar refractivity (Wildman–Crippen MR) is 88.3 cm³/mol. The van der Waals surface area contributed by atoms with Crippen molar-refractivity contribution in [2.45, 2.75) is 19.9 Å². The van der Waals surface area contributed by atoms with Crippen molar-refractivity contribution in [2.24, 2.45) is 5.73 Å². The van der Waals surface area contributed by atoms with E-state index >= 15 is 0 Å². The van der Waals surface area contributed by atoms with Crippen molar-refractivity contribution in [3.8, 4) is 0 Å². The third-order valence-corrected chi connectivity index (χ3v) is 4.74. The van der Waals surface area contributed by atoms with E-state index in [2.05, 4.69) is 5.32 Å². The lowest BCUT2D eigenvalue weighted by atomic mass is 10.1. The number of nitrogens with one attached hydrogen (secondary N) is 1. The lowest BCUT2D eigenvalue weighted by molar-refractivity contribution is -0.116. The minimum absolute atomic E-state index is 0.0697. The zero-order valence-corrected chi connectivity index (χ0v) is 13.1.